The van der Waals surface area contributed by atoms with Crippen LogP contribution in [-0.2, 0) is 6.54 Å². The summed E-state index contributed by atoms with van der Waals surface area (Å²) < 4.78 is 0. The van der Waals surface area contributed by atoms with E-state index in [-0.39, 0.29) is 5.78 Å². The van der Waals surface area contributed by atoms with Gasteiger partial charge in [-0.3, -0.25) is 14.7 Å². The summed E-state index contributed by atoms with van der Waals surface area (Å²) in [5.41, 5.74) is 14.5. The molecule has 0 aliphatic carbocycles. The zero-order valence-electron chi connectivity index (χ0n) is 19.1. The van der Waals surface area contributed by atoms with Gasteiger partial charge in [-0.15, -0.1) is 0 Å². The monoisotopic (exact) mass is 438 g/mol. The molecular formula is C28H30N4O. The van der Waals surface area contributed by atoms with E-state index in [9.17, 15) is 4.79 Å². The molecule has 5 heteroatoms. The van der Waals surface area contributed by atoms with Crippen LogP contribution >= 0.6 is 0 Å². The van der Waals surface area contributed by atoms with Crippen LogP contribution in [0.5, 0.6) is 0 Å². The van der Waals surface area contributed by atoms with E-state index < -0.39 is 0 Å². The number of piperidine rings is 1. The highest BCUT2D eigenvalue weighted by Crippen LogP contribution is 2.30. The van der Waals surface area contributed by atoms with Crippen molar-refractivity contribution < 1.29 is 4.79 Å². The van der Waals surface area contributed by atoms with E-state index in [2.05, 4.69) is 69.3 Å². The quantitative estimate of drug-likeness (QED) is 0.513. The second-order valence-electron chi connectivity index (χ2n) is 8.97. The lowest BCUT2D eigenvalue weighted by atomic mass is 9.89. The molecule has 168 valence electrons. The highest BCUT2D eigenvalue weighted by atomic mass is 16.1. The number of carbonyl (C=O) groups is 1. The molecule has 2 aliphatic heterocycles. The number of likely N-dealkylation sites (tertiary alicyclic amines) is 1. The summed E-state index contributed by atoms with van der Waals surface area (Å²) in [4.78, 5) is 18.4. The van der Waals surface area contributed by atoms with Gasteiger partial charge in [0, 0.05) is 36.6 Å². The van der Waals surface area contributed by atoms with Gasteiger partial charge in [-0.1, -0.05) is 42.5 Å². The Morgan fingerprint density at radius 2 is 1.94 bits per heavy atom. The Balaban J connectivity index is 1.19. The number of rotatable bonds is 6. The highest BCUT2D eigenvalue weighted by Gasteiger charge is 2.20. The predicted molar refractivity (Wildman–Crippen MR) is 134 cm³/mol. The molecule has 1 saturated heterocycles. The maximum atomic E-state index is 11.5. The molecule has 2 aliphatic rings. The van der Waals surface area contributed by atoms with Gasteiger partial charge in [-0.25, -0.2) is 5.43 Å². The second kappa shape index (κ2) is 9.69. The average Bonchev–Trinajstić information content (AvgIpc) is 3.33. The zero-order chi connectivity index (χ0) is 22.6. The molecule has 1 aromatic heterocycles. The minimum atomic E-state index is 0.130. The lowest BCUT2D eigenvalue weighted by molar-refractivity contribution is 0.101. The van der Waals surface area contributed by atoms with E-state index in [0.29, 0.717) is 5.92 Å². The van der Waals surface area contributed by atoms with Gasteiger partial charge < -0.3 is 5.43 Å². The van der Waals surface area contributed by atoms with E-state index in [1.54, 1.807) is 6.92 Å². The summed E-state index contributed by atoms with van der Waals surface area (Å²) in [6.45, 7) is 5.59. The first-order valence-corrected chi connectivity index (χ1v) is 11.7. The number of carbonyl (C=O) groups excluding carboxylic acids is 1. The Morgan fingerprint density at radius 1 is 1.12 bits per heavy atom. The van der Waals surface area contributed by atoms with Crippen LogP contribution < -0.4 is 10.9 Å². The van der Waals surface area contributed by atoms with E-state index >= 15 is 0 Å². The number of ketones is 1. The molecule has 0 bridgehead atoms. The van der Waals surface area contributed by atoms with Crippen molar-refractivity contribution in [3.8, 4) is 11.1 Å². The Bertz CT molecular complexity index is 1160. The third-order valence-electron chi connectivity index (χ3n) is 6.81. The number of benzene rings is 2. The van der Waals surface area contributed by atoms with Crippen molar-refractivity contribution >= 4 is 17.5 Å². The molecule has 3 heterocycles. The predicted octanol–water partition coefficient (Wildman–Crippen LogP) is 5.27. The third kappa shape index (κ3) is 4.90. The van der Waals surface area contributed by atoms with E-state index in [4.69, 9.17) is 0 Å². The first-order chi connectivity index (χ1) is 16.2. The Morgan fingerprint density at radius 3 is 2.73 bits per heavy atom. The van der Waals surface area contributed by atoms with Crippen molar-refractivity contribution in [2.45, 2.75) is 32.2 Å². The second-order valence-corrected chi connectivity index (χ2v) is 8.97. The Hall–Kier alpha value is -3.28. The van der Waals surface area contributed by atoms with Crippen molar-refractivity contribution in [1.82, 2.24) is 15.3 Å². The molecule has 2 N–H and O–H groups in total. The minimum absolute atomic E-state index is 0.130. The van der Waals surface area contributed by atoms with E-state index in [1.165, 1.54) is 22.3 Å². The number of nitrogens with zero attached hydrogens (tertiary/aromatic N) is 2. The first kappa shape index (κ1) is 21.6. The van der Waals surface area contributed by atoms with Gasteiger partial charge in [-0.05, 0) is 79.2 Å². The Labute approximate surface area is 195 Å². The van der Waals surface area contributed by atoms with Gasteiger partial charge in [0.2, 0.25) is 0 Å². The number of fused-ring (bicyclic) bond motifs is 1. The molecule has 3 aromatic rings. The van der Waals surface area contributed by atoms with Crippen LogP contribution in [0.15, 0.2) is 67.0 Å². The van der Waals surface area contributed by atoms with Crippen LogP contribution in [0.1, 0.15) is 52.7 Å². The molecule has 5 rings (SSSR count). The van der Waals surface area contributed by atoms with Gasteiger partial charge in [0.25, 0.3) is 0 Å². The van der Waals surface area contributed by atoms with Crippen molar-refractivity contribution in [3.63, 3.8) is 0 Å². The normalized spacial score (nSPS) is 16.6. The average molecular weight is 439 g/mol. The molecule has 0 unspecified atom stereocenters. The molecule has 1 fully saturated rings. The standard InChI is InChI=1S/C28H30N4O/c1-20(33)21-4-6-22(7-5-21)23-11-15-32(16-12-23)14-2-3-25-18-29-13-10-27(25)24-8-9-28-26(17-24)19-30-31-28/h2-10,13,17-18,23,30-31H,11-12,14-16,19H2,1H3. The molecule has 0 amide bonds. The van der Waals surface area contributed by atoms with Gasteiger partial charge in [0.1, 0.15) is 0 Å². The Kier molecular flexibility index (Phi) is 6.33. The molecule has 0 radical (unpaired) electrons. The summed E-state index contributed by atoms with van der Waals surface area (Å²) >= 11 is 0. The maximum absolute atomic E-state index is 11.5. The highest BCUT2D eigenvalue weighted by molar-refractivity contribution is 5.94. The van der Waals surface area contributed by atoms with E-state index in [1.807, 2.05) is 24.5 Å². The number of hydrazine groups is 1. The van der Waals surface area contributed by atoms with Crippen molar-refractivity contribution in [2.24, 2.45) is 0 Å². The zero-order valence-corrected chi connectivity index (χ0v) is 19.1. The van der Waals surface area contributed by atoms with Crippen molar-refractivity contribution in [1.29, 1.82) is 0 Å². The van der Waals surface area contributed by atoms with Crippen LogP contribution in [0.4, 0.5) is 5.69 Å². The maximum Gasteiger partial charge on any atom is 0.159 e. The van der Waals surface area contributed by atoms with Gasteiger partial charge in [-0.2, -0.15) is 0 Å². The smallest absolute Gasteiger partial charge is 0.159 e. The lowest BCUT2D eigenvalue weighted by Gasteiger charge is -2.31. The number of aromatic nitrogens is 1. The number of anilines is 1. The summed E-state index contributed by atoms with van der Waals surface area (Å²) in [6.07, 6.45) is 10.6. The molecule has 0 spiro atoms. The van der Waals surface area contributed by atoms with Gasteiger partial charge >= 0.3 is 0 Å². The minimum Gasteiger partial charge on any atom is -0.321 e. The number of nitrogens with one attached hydrogen (secondary N) is 2. The van der Waals surface area contributed by atoms with Crippen molar-refractivity contribution in [2.75, 3.05) is 25.1 Å². The fraction of sp³-hybridized carbons (Fsp3) is 0.286. The number of hydrogen-bond donors (Lipinski definition) is 2. The van der Waals surface area contributed by atoms with Crippen LogP contribution in [0.3, 0.4) is 0 Å². The van der Waals surface area contributed by atoms with Gasteiger partial charge in [0.05, 0.1) is 5.69 Å². The fourth-order valence-corrected chi connectivity index (χ4v) is 4.83. The lowest BCUT2D eigenvalue weighted by Crippen LogP contribution is -2.33. The van der Waals surface area contributed by atoms with E-state index in [0.717, 1.165) is 55.8 Å². The first-order valence-electron chi connectivity index (χ1n) is 11.7. The number of pyridine rings is 1. The summed E-state index contributed by atoms with van der Waals surface area (Å²) in [5.74, 6) is 0.713. The van der Waals surface area contributed by atoms with Crippen LogP contribution in [-0.4, -0.2) is 35.3 Å². The fourth-order valence-electron chi connectivity index (χ4n) is 4.83. The van der Waals surface area contributed by atoms with Crippen LogP contribution in [0.25, 0.3) is 17.2 Å². The van der Waals surface area contributed by atoms with Crippen LogP contribution in [0.2, 0.25) is 0 Å². The summed E-state index contributed by atoms with van der Waals surface area (Å²) in [6, 6.07) is 16.8. The van der Waals surface area contributed by atoms with Crippen LogP contribution in [0, 0.1) is 0 Å². The molecular weight excluding hydrogens is 408 g/mol. The molecule has 2 aromatic carbocycles. The summed E-state index contributed by atoms with van der Waals surface area (Å²) in [5, 5.41) is 0. The SMILES string of the molecule is CC(=O)c1ccc(C2CCN(CC=Cc3cnccc3-c3ccc4c(c3)CNN4)CC2)cc1. The number of hydrogen-bond acceptors (Lipinski definition) is 5. The molecule has 0 saturated carbocycles. The molecule has 33 heavy (non-hydrogen) atoms. The van der Waals surface area contributed by atoms with Crippen molar-refractivity contribution in [3.05, 3.63) is 89.3 Å². The van der Waals surface area contributed by atoms with Gasteiger partial charge in [0.15, 0.2) is 5.78 Å². The largest absolute Gasteiger partial charge is 0.321 e. The molecule has 0 atom stereocenters. The number of Topliss-reactive ketones (excluding diaryl/α,β-unsaturated/α-hetero) is 1. The summed E-state index contributed by atoms with van der Waals surface area (Å²) in [7, 11) is 0. The topological polar surface area (TPSA) is 57.3 Å². The third-order valence-corrected chi connectivity index (χ3v) is 6.81. The molecule has 5 nitrogen and oxygen atoms in total.